The van der Waals surface area contributed by atoms with Crippen LogP contribution in [0.1, 0.15) is 49.7 Å². The number of carbonyl (C=O) groups is 1. The summed E-state index contributed by atoms with van der Waals surface area (Å²) in [7, 11) is 0. The molecule has 1 fully saturated rings. The number of likely N-dealkylation sites (tertiary alicyclic amines) is 1. The average molecular weight is 279 g/mol. The first-order valence-electron chi connectivity index (χ1n) is 7.55. The van der Waals surface area contributed by atoms with Crippen molar-refractivity contribution >= 4 is 5.91 Å². The lowest BCUT2D eigenvalue weighted by atomic mass is 10.1. The van der Waals surface area contributed by atoms with E-state index in [4.69, 9.17) is 0 Å². The molecule has 0 saturated carbocycles. The molecular formula is C15H25N3O2. The third-order valence-corrected chi connectivity index (χ3v) is 3.74. The zero-order chi connectivity index (χ0) is 14.7. The highest BCUT2D eigenvalue weighted by molar-refractivity contribution is 5.95. The van der Waals surface area contributed by atoms with Gasteiger partial charge in [0.1, 0.15) is 0 Å². The van der Waals surface area contributed by atoms with Gasteiger partial charge in [0.2, 0.25) is 0 Å². The van der Waals surface area contributed by atoms with Crippen LogP contribution in [0.15, 0.2) is 6.20 Å². The third-order valence-electron chi connectivity index (χ3n) is 3.74. The zero-order valence-corrected chi connectivity index (χ0v) is 12.7. The molecule has 1 amide bonds. The molecule has 0 aromatic carbocycles. The minimum absolute atomic E-state index is 0.00982. The average Bonchev–Trinajstić information content (AvgIpc) is 2.79. The van der Waals surface area contributed by atoms with E-state index in [1.807, 2.05) is 4.68 Å². The van der Waals surface area contributed by atoms with Crippen molar-refractivity contribution in [2.24, 2.45) is 5.92 Å². The van der Waals surface area contributed by atoms with Gasteiger partial charge in [-0.15, -0.1) is 0 Å². The quantitative estimate of drug-likeness (QED) is 0.912. The van der Waals surface area contributed by atoms with Gasteiger partial charge in [-0.3, -0.25) is 9.48 Å². The molecule has 0 aliphatic carbocycles. The Morgan fingerprint density at radius 1 is 1.55 bits per heavy atom. The Morgan fingerprint density at radius 2 is 2.30 bits per heavy atom. The van der Waals surface area contributed by atoms with Crippen molar-refractivity contribution in [3.05, 3.63) is 17.5 Å². The number of carbonyl (C=O) groups excluding carboxylic acids is 1. The summed E-state index contributed by atoms with van der Waals surface area (Å²) in [4.78, 5) is 14.3. The van der Waals surface area contributed by atoms with Gasteiger partial charge >= 0.3 is 0 Å². The van der Waals surface area contributed by atoms with Crippen LogP contribution in [0.2, 0.25) is 0 Å². The molecule has 112 valence electrons. The van der Waals surface area contributed by atoms with Crippen molar-refractivity contribution in [1.82, 2.24) is 14.7 Å². The summed E-state index contributed by atoms with van der Waals surface area (Å²) in [6.07, 6.45) is 3.75. The van der Waals surface area contributed by atoms with Gasteiger partial charge in [-0.25, -0.2) is 0 Å². The number of β-amino-alcohol motifs (C(OH)–C–C–N with tert-alkyl or cyclic N) is 1. The van der Waals surface area contributed by atoms with Crippen molar-refractivity contribution in [2.45, 2.75) is 52.7 Å². The van der Waals surface area contributed by atoms with Crippen molar-refractivity contribution in [3.8, 4) is 0 Å². The minimum atomic E-state index is -0.386. The molecule has 1 aliphatic rings. The van der Waals surface area contributed by atoms with Gasteiger partial charge in [0, 0.05) is 19.6 Å². The number of aliphatic hydroxyl groups excluding tert-OH is 1. The largest absolute Gasteiger partial charge is 0.391 e. The normalized spacial score (nSPS) is 19.6. The van der Waals surface area contributed by atoms with Crippen LogP contribution in [-0.4, -0.2) is 44.9 Å². The SMILES string of the molecule is CCc1c(C(=O)N2CCCC(O)C2)cnn1CC(C)C. The van der Waals surface area contributed by atoms with Gasteiger partial charge < -0.3 is 10.0 Å². The molecule has 1 saturated heterocycles. The number of aromatic nitrogens is 2. The van der Waals surface area contributed by atoms with Crippen LogP contribution in [0, 0.1) is 5.92 Å². The van der Waals surface area contributed by atoms with E-state index >= 15 is 0 Å². The Morgan fingerprint density at radius 3 is 2.90 bits per heavy atom. The van der Waals surface area contributed by atoms with Crippen LogP contribution in [0.5, 0.6) is 0 Å². The highest BCUT2D eigenvalue weighted by Gasteiger charge is 2.26. The first-order valence-corrected chi connectivity index (χ1v) is 7.55. The Balaban J connectivity index is 2.19. The lowest BCUT2D eigenvalue weighted by Crippen LogP contribution is -2.42. The maximum Gasteiger partial charge on any atom is 0.257 e. The highest BCUT2D eigenvalue weighted by atomic mass is 16.3. The molecule has 5 nitrogen and oxygen atoms in total. The fourth-order valence-corrected chi connectivity index (χ4v) is 2.78. The highest BCUT2D eigenvalue weighted by Crippen LogP contribution is 2.18. The third kappa shape index (κ3) is 3.20. The van der Waals surface area contributed by atoms with Crippen molar-refractivity contribution in [3.63, 3.8) is 0 Å². The predicted molar refractivity (Wildman–Crippen MR) is 77.6 cm³/mol. The van der Waals surface area contributed by atoms with Crippen molar-refractivity contribution in [2.75, 3.05) is 13.1 Å². The number of piperidine rings is 1. The summed E-state index contributed by atoms with van der Waals surface area (Å²) in [6.45, 7) is 8.34. The molecule has 1 aliphatic heterocycles. The second-order valence-electron chi connectivity index (χ2n) is 5.98. The van der Waals surface area contributed by atoms with Gasteiger partial charge in [-0.2, -0.15) is 5.10 Å². The second kappa shape index (κ2) is 6.39. The Labute approximate surface area is 120 Å². The number of rotatable bonds is 4. The molecule has 1 aromatic rings. The summed E-state index contributed by atoms with van der Waals surface area (Å²) in [5.74, 6) is 0.510. The van der Waals surface area contributed by atoms with E-state index in [0.717, 1.165) is 38.0 Å². The Kier molecular flexibility index (Phi) is 4.81. The molecule has 1 atom stereocenters. The molecule has 0 spiro atoms. The standard InChI is InChI=1S/C15H25N3O2/c1-4-14-13(8-16-18(14)9-11(2)3)15(20)17-7-5-6-12(19)10-17/h8,11-12,19H,4-7,9-10H2,1-3H3. The van der Waals surface area contributed by atoms with Gasteiger partial charge in [-0.1, -0.05) is 20.8 Å². The van der Waals surface area contributed by atoms with E-state index in [2.05, 4.69) is 25.9 Å². The van der Waals surface area contributed by atoms with E-state index in [9.17, 15) is 9.90 Å². The summed E-state index contributed by atoms with van der Waals surface area (Å²) in [6, 6.07) is 0. The molecule has 20 heavy (non-hydrogen) atoms. The van der Waals surface area contributed by atoms with Crippen LogP contribution < -0.4 is 0 Å². The molecule has 0 bridgehead atoms. The summed E-state index contributed by atoms with van der Waals surface area (Å²) < 4.78 is 1.94. The monoisotopic (exact) mass is 279 g/mol. The maximum atomic E-state index is 12.6. The molecule has 1 N–H and O–H groups in total. The molecule has 0 radical (unpaired) electrons. The van der Waals surface area contributed by atoms with E-state index in [1.165, 1.54) is 0 Å². The first kappa shape index (κ1) is 15.0. The summed E-state index contributed by atoms with van der Waals surface area (Å²) in [5.41, 5.74) is 1.70. The van der Waals surface area contributed by atoms with Crippen LogP contribution >= 0.6 is 0 Å². The minimum Gasteiger partial charge on any atom is -0.391 e. The maximum absolute atomic E-state index is 12.6. The summed E-state index contributed by atoms with van der Waals surface area (Å²) in [5, 5.41) is 14.1. The zero-order valence-electron chi connectivity index (χ0n) is 12.7. The first-order chi connectivity index (χ1) is 9.52. The number of hydrogen-bond donors (Lipinski definition) is 1. The van der Waals surface area contributed by atoms with Crippen molar-refractivity contribution < 1.29 is 9.90 Å². The van der Waals surface area contributed by atoms with Crippen LogP contribution in [0.25, 0.3) is 0 Å². The number of amides is 1. The molecule has 5 heteroatoms. The summed E-state index contributed by atoms with van der Waals surface area (Å²) >= 11 is 0. The Bertz CT molecular complexity index is 468. The lowest BCUT2D eigenvalue weighted by Gasteiger charge is -2.30. The fourth-order valence-electron chi connectivity index (χ4n) is 2.78. The number of hydrogen-bond acceptors (Lipinski definition) is 3. The molecule has 1 unspecified atom stereocenters. The molecular weight excluding hydrogens is 254 g/mol. The van der Waals surface area contributed by atoms with Crippen LogP contribution in [-0.2, 0) is 13.0 Å². The van der Waals surface area contributed by atoms with Gasteiger partial charge in [-0.05, 0) is 25.2 Å². The molecule has 2 heterocycles. The van der Waals surface area contributed by atoms with Crippen molar-refractivity contribution in [1.29, 1.82) is 0 Å². The van der Waals surface area contributed by atoms with E-state index < -0.39 is 0 Å². The Hall–Kier alpha value is -1.36. The van der Waals surface area contributed by atoms with E-state index in [1.54, 1.807) is 11.1 Å². The van der Waals surface area contributed by atoms with Crippen LogP contribution in [0.3, 0.4) is 0 Å². The fraction of sp³-hybridized carbons (Fsp3) is 0.733. The smallest absolute Gasteiger partial charge is 0.257 e. The predicted octanol–water partition coefficient (Wildman–Crippen LogP) is 1.70. The van der Waals surface area contributed by atoms with Gasteiger partial charge in [0.15, 0.2) is 0 Å². The van der Waals surface area contributed by atoms with E-state index in [-0.39, 0.29) is 12.0 Å². The second-order valence-corrected chi connectivity index (χ2v) is 5.98. The molecule has 2 rings (SSSR count). The molecule has 1 aromatic heterocycles. The van der Waals surface area contributed by atoms with Gasteiger partial charge in [0.25, 0.3) is 5.91 Å². The number of aliphatic hydroxyl groups is 1. The topological polar surface area (TPSA) is 58.4 Å². The van der Waals surface area contributed by atoms with E-state index in [0.29, 0.717) is 18.0 Å². The lowest BCUT2D eigenvalue weighted by molar-refractivity contribution is 0.0472. The van der Waals surface area contributed by atoms with Gasteiger partial charge in [0.05, 0.1) is 23.6 Å². The van der Waals surface area contributed by atoms with Crippen LogP contribution in [0.4, 0.5) is 0 Å². The number of nitrogens with zero attached hydrogens (tertiary/aromatic N) is 3.